The molecule has 2 bridgehead atoms. The number of fused-ring (bicyclic) bond motifs is 2. The van der Waals surface area contributed by atoms with Gasteiger partial charge in [0.05, 0.1) is 24.2 Å². The predicted molar refractivity (Wildman–Crippen MR) is 84.8 cm³/mol. The van der Waals surface area contributed by atoms with Crippen LogP contribution in [0.2, 0.25) is 0 Å². The zero-order valence-corrected chi connectivity index (χ0v) is 13.2. The van der Waals surface area contributed by atoms with E-state index >= 15 is 0 Å². The van der Waals surface area contributed by atoms with Crippen molar-refractivity contribution in [3.8, 4) is 0 Å². The van der Waals surface area contributed by atoms with Crippen LogP contribution in [0, 0.1) is 18.8 Å². The lowest BCUT2D eigenvalue weighted by Gasteiger charge is -2.25. The minimum atomic E-state index is -0.981. The number of carboxylic acids is 1. The van der Waals surface area contributed by atoms with Gasteiger partial charge in [0.25, 0.3) is 0 Å². The lowest BCUT2D eigenvalue weighted by Crippen LogP contribution is -2.43. The smallest absolute Gasteiger partial charge is 0.310 e. The van der Waals surface area contributed by atoms with Crippen molar-refractivity contribution in [3.63, 3.8) is 0 Å². The third-order valence-corrected chi connectivity index (χ3v) is 4.69. The Hall–Kier alpha value is -2.14. The lowest BCUT2D eigenvalue weighted by atomic mass is 9.82. The number of amides is 1. The fourth-order valence-electron chi connectivity index (χ4n) is 3.40. The maximum absolute atomic E-state index is 12.7. The summed E-state index contributed by atoms with van der Waals surface area (Å²) in [4.78, 5) is 24.1. The van der Waals surface area contributed by atoms with Gasteiger partial charge in [-0.15, -0.1) is 0 Å². The highest BCUT2D eigenvalue weighted by Crippen LogP contribution is 2.39. The number of hydrogen-bond acceptors (Lipinski definition) is 3. The second-order valence-electron chi connectivity index (χ2n) is 6.22. The SMILES string of the molecule is CC[C@@H](NC(=O)[C@@H]1[C@@H](C(=O)O)[C@H]2C=C[C@@H]1O2)c1ccc(C)cc1. The number of aryl methyl sites for hydroxylation is 1. The first-order valence-electron chi connectivity index (χ1n) is 7.94. The van der Waals surface area contributed by atoms with Crippen molar-refractivity contribution in [2.75, 3.05) is 0 Å². The van der Waals surface area contributed by atoms with Crippen LogP contribution in [0.3, 0.4) is 0 Å². The topological polar surface area (TPSA) is 75.6 Å². The number of carbonyl (C=O) groups excluding carboxylic acids is 1. The first kappa shape index (κ1) is 15.7. The summed E-state index contributed by atoms with van der Waals surface area (Å²) in [5.41, 5.74) is 2.19. The zero-order valence-electron chi connectivity index (χ0n) is 13.2. The van der Waals surface area contributed by atoms with Crippen molar-refractivity contribution in [3.05, 3.63) is 47.5 Å². The molecule has 5 atom stereocenters. The van der Waals surface area contributed by atoms with Gasteiger partial charge in [-0.2, -0.15) is 0 Å². The Balaban J connectivity index is 1.76. The van der Waals surface area contributed by atoms with Crippen LogP contribution in [0.25, 0.3) is 0 Å². The number of benzene rings is 1. The number of rotatable bonds is 5. The van der Waals surface area contributed by atoms with Crippen LogP contribution in [0.15, 0.2) is 36.4 Å². The Morgan fingerprint density at radius 2 is 1.78 bits per heavy atom. The minimum Gasteiger partial charge on any atom is -0.481 e. The maximum Gasteiger partial charge on any atom is 0.310 e. The monoisotopic (exact) mass is 315 g/mol. The first-order chi connectivity index (χ1) is 11.0. The van der Waals surface area contributed by atoms with Crippen molar-refractivity contribution in [2.45, 2.75) is 38.5 Å². The molecule has 0 spiro atoms. The molecule has 5 heteroatoms. The molecule has 1 aromatic carbocycles. The Bertz CT molecular complexity index is 637. The summed E-state index contributed by atoms with van der Waals surface area (Å²) >= 11 is 0. The van der Waals surface area contributed by atoms with E-state index in [9.17, 15) is 14.7 Å². The van der Waals surface area contributed by atoms with Crippen LogP contribution in [-0.2, 0) is 14.3 Å². The van der Waals surface area contributed by atoms with Crippen molar-refractivity contribution >= 4 is 11.9 Å². The second-order valence-corrected chi connectivity index (χ2v) is 6.22. The van der Waals surface area contributed by atoms with Crippen LogP contribution in [0.4, 0.5) is 0 Å². The molecule has 0 saturated carbocycles. The van der Waals surface area contributed by atoms with Gasteiger partial charge in [0.1, 0.15) is 5.92 Å². The molecule has 122 valence electrons. The van der Waals surface area contributed by atoms with Gasteiger partial charge in [-0.25, -0.2) is 0 Å². The molecule has 2 aliphatic rings. The van der Waals surface area contributed by atoms with Crippen LogP contribution in [-0.4, -0.2) is 29.2 Å². The molecular weight excluding hydrogens is 294 g/mol. The highest BCUT2D eigenvalue weighted by atomic mass is 16.5. The maximum atomic E-state index is 12.7. The highest BCUT2D eigenvalue weighted by molar-refractivity contribution is 5.87. The molecule has 2 aliphatic heterocycles. The van der Waals surface area contributed by atoms with Gasteiger partial charge in [0, 0.05) is 0 Å². The molecule has 2 heterocycles. The molecule has 2 N–H and O–H groups in total. The number of carboxylic acid groups (broad SMARTS) is 1. The molecule has 0 aliphatic carbocycles. The molecule has 0 radical (unpaired) electrons. The minimum absolute atomic E-state index is 0.124. The van der Waals surface area contributed by atoms with E-state index in [0.29, 0.717) is 0 Å². The Labute approximate surface area is 135 Å². The Morgan fingerprint density at radius 3 is 2.35 bits per heavy atom. The largest absolute Gasteiger partial charge is 0.481 e. The van der Waals surface area contributed by atoms with E-state index in [4.69, 9.17) is 4.74 Å². The van der Waals surface area contributed by atoms with Crippen LogP contribution < -0.4 is 5.32 Å². The number of nitrogens with one attached hydrogen (secondary N) is 1. The van der Waals surface area contributed by atoms with Gasteiger partial charge < -0.3 is 15.2 Å². The molecule has 1 saturated heterocycles. The molecule has 0 aromatic heterocycles. The predicted octanol–water partition coefficient (Wildman–Crippen LogP) is 2.22. The van der Waals surface area contributed by atoms with Crippen molar-refractivity contribution < 1.29 is 19.4 Å². The van der Waals surface area contributed by atoms with Crippen LogP contribution >= 0.6 is 0 Å². The van der Waals surface area contributed by atoms with Gasteiger partial charge >= 0.3 is 5.97 Å². The van der Waals surface area contributed by atoms with Crippen molar-refractivity contribution in [2.24, 2.45) is 11.8 Å². The van der Waals surface area contributed by atoms with Crippen molar-refractivity contribution in [1.82, 2.24) is 5.32 Å². The molecule has 3 rings (SSSR count). The van der Waals surface area contributed by atoms with E-state index in [0.717, 1.165) is 17.5 Å². The summed E-state index contributed by atoms with van der Waals surface area (Å²) in [5, 5.41) is 12.4. The molecule has 23 heavy (non-hydrogen) atoms. The van der Waals surface area contributed by atoms with Crippen LogP contribution in [0.5, 0.6) is 0 Å². The molecular formula is C18H21NO4. The molecule has 1 amide bonds. The van der Waals surface area contributed by atoms with E-state index in [1.165, 1.54) is 0 Å². The number of ether oxygens (including phenoxy) is 1. The van der Waals surface area contributed by atoms with E-state index in [1.54, 1.807) is 12.2 Å². The van der Waals surface area contributed by atoms with Crippen LogP contribution in [0.1, 0.15) is 30.5 Å². The van der Waals surface area contributed by atoms with Gasteiger partial charge in [0.2, 0.25) is 5.91 Å². The molecule has 1 aromatic rings. The van der Waals surface area contributed by atoms with E-state index < -0.39 is 30.0 Å². The molecule has 1 fully saturated rings. The third kappa shape index (κ3) is 2.88. The third-order valence-electron chi connectivity index (χ3n) is 4.69. The summed E-state index contributed by atoms with van der Waals surface area (Å²) in [5.74, 6) is -2.70. The first-order valence-corrected chi connectivity index (χ1v) is 7.94. The summed E-state index contributed by atoms with van der Waals surface area (Å²) < 4.78 is 5.56. The average molecular weight is 315 g/mol. The lowest BCUT2D eigenvalue weighted by molar-refractivity contribution is -0.146. The zero-order chi connectivity index (χ0) is 16.6. The Morgan fingerprint density at radius 1 is 1.17 bits per heavy atom. The molecule has 5 nitrogen and oxygen atoms in total. The van der Waals surface area contributed by atoms with Gasteiger partial charge in [-0.1, -0.05) is 48.9 Å². The summed E-state index contributed by atoms with van der Waals surface area (Å²) in [6.45, 7) is 4.01. The van der Waals surface area contributed by atoms with E-state index in [-0.39, 0.29) is 11.9 Å². The highest BCUT2D eigenvalue weighted by Gasteiger charge is 2.53. The average Bonchev–Trinajstić information content (AvgIpc) is 3.14. The number of carbonyl (C=O) groups is 2. The second kappa shape index (κ2) is 6.16. The number of hydrogen-bond donors (Lipinski definition) is 2. The summed E-state index contributed by atoms with van der Waals surface area (Å²) in [7, 11) is 0. The summed E-state index contributed by atoms with van der Waals surface area (Å²) in [6, 6.07) is 7.88. The quantitative estimate of drug-likeness (QED) is 0.817. The van der Waals surface area contributed by atoms with Gasteiger partial charge in [-0.05, 0) is 18.9 Å². The standard InChI is InChI=1S/C18H21NO4/c1-3-12(11-6-4-10(2)5-7-11)19-17(20)15-13-8-9-14(23-13)16(15)18(21)22/h4-9,12-16H,3H2,1-2H3,(H,19,20)(H,21,22)/t12-,13+,14-,15+,16+/m1/s1. The van der Waals surface area contributed by atoms with E-state index in [1.807, 2.05) is 38.1 Å². The van der Waals surface area contributed by atoms with E-state index in [2.05, 4.69) is 5.32 Å². The molecule has 0 unspecified atom stereocenters. The fourth-order valence-corrected chi connectivity index (χ4v) is 3.40. The fraction of sp³-hybridized carbons (Fsp3) is 0.444. The van der Waals surface area contributed by atoms with Crippen molar-refractivity contribution in [1.29, 1.82) is 0 Å². The van der Waals surface area contributed by atoms with Gasteiger partial charge in [-0.3, -0.25) is 9.59 Å². The summed E-state index contributed by atoms with van der Waals surface area (Å²) in [6.07, 6.45) is 3.35. The Kier molecular flexibility index (Phi) is 4.22. The normalized spacial score (nSPS) is 29.5. The van der Waals surface area contributed by atoms with Gasteiger partial charge in [0.15, 0.2) is 0 Å². The number of aliphatic carboxylic acids is 1.